The van der Waals surface area contributed by atoms with Crippen LogP contribution in [0.3, 0.4) is 0 Å². The van der Waals surface area contributed by atoms with Crippen LogP contribution in [0.4, 0.5) is 0 Å². The van der Waals surface area contributed by atoms with Gasteiger partial charge in [-0.05, 0) is 42.5 Å². The zero-order valence-corrected chi connectivity index (χ0v) is 12.8. The third kappa shape index (κ3) is 3.18. The van der Waals surface area contributed by atoms with Crippen molar-refractivity contribution < 1.29 is 0 Å². The van der Waals surface area contributed by atoms with Crippen LogP contribution in [0.1, 0.15) is 57.7 Å². The normalized spacial score (nSPS) is 25.5. The molecule has 1 saturated heterocycles. The molecule has 2 rings (SSSR count). The minimum absolute atomic E-state index is 0.220. The Kier molecular flexibility index (Phi) is 4.32. The highest BCUT2D eigenvalue weighted by Crippen LogP contribution is 2.31. The number of nitrogens with zero attached hydrogens (tertiary/aromatic N) is 1. The smallest absolute Gasteiger partial charge is 0.0499 e. The molecule has 1 aliphatic rings. The fraction of sp³-hybridized carbons (Fsp3) is 0.647. The second-order valence-corrected chi connectivity index (χ2v) is 6.75. The molecule has 1 fully saturated rings. The largest absolute Gasteiger partial charge is 0.326 e. The Labute approximate surface area is 118 Å². The highest BCUT2D eigenvalue weighted by atomic mass is 15.2. The quantitative estimate of drug-likeness (QED) is 0.882. The molecule has 0 aliphatic carbocycles. The summed E-state index contributed by atoms with van der Waals surface area (Å²) in [5, 5.41) is 0. The van der Waals surface area contributed by atoms with Gasteiger partial charge in [0.15, 0.2) is 0 Å². The zero-order chi connectivity index (χ0) is 14.0. The summed E-state index contributed by atoms with van der Waals surface area (Å²) >= 11 is 0. The van der Waals surface area contributed by atoms with Crippen molar-refractivity contribution in [3.63, 3.8) is 0 Å². The molecule has 1 aliphatic heterocycles. The third-order valence-electron chi connectivity index (χ3n) is 4.31. The van der Waals surface area contributed by atoms with Gasteiger partial charge in [0, 0.05) is 12.1 Å². The second kappa shape index (κ2) is 5.64. The van der Waals surface area contributed by atoms with E-state index >= 15 is 0 Å². The number of piperidine rings is 1. The number of hydrogen-bond donors (Lipinski definition) is 1. The maximum atomic E-state index is 6.36. The number of nitrogens with two attached hydrogens (primary N) is 1. The van der Waals surface area contributed by atoms with Crippen molar-refractivity contribution in [3.05, 3.63) is 35.4 Å². The van der Waals surface area contributed by atoms with Gasteiger partial charge in [-0.15, -0.1) is 0 Å². The van der Waals surface area contributed by atoms with Gasteiger partial charge in [-0.2, -0.15) is 0 Å². The Hall–Kier alpha value is -0.860. The topological polar surface area (TPSA) is 29.3 Å². The average Bonchev–Trinajstić information content (AvgIpc) is 2.37. The van der Waals surface area contributed by atoms with Crippen LogP contribution in [0.2, 0.25) is 0 Å². The van der Waals surface area contributed by atoms with Crippen molar-refractivity contribution in [2.24, 2.45) is 5.73 Å². The maximum absolute atomic E-state index is 6.36. The Morgan fingerprint density at radius 2 is 1.84 bits per heavy atom. The molecule has 2 atom stereocenters. The van der Waals surface area contributed by atoms with E-state index in [9.17, 15) is 0 Å². The first-order valence-electron chi connectivity index (χ1n) is 7.53. The lowest BCUT2D eigenvalue weighted by molar-refractivity contribution is 0.136. The van der Waals surface area contributed by atoms with Crippen LogP contribution in [-0.2, 0) is 5.41 Å². The Morgan fingerprint density at radius 3 is 2.37 bits per heavy atom. The fourth-order valence-electron chi connectivity index (χ4n) is 3.09. The first-order valence-corrected chi connectivity index (χ1v) is 7.53. The number of hydrogen-bond acceptors (Lipinski definition) is 2. The van der Waals surface area contributed by atoms with E-state index in [1.54, 1.807) is 0 Å². The van der Waals surface area contributed by atoms with Crippen molar-refractivity contribution in [1.82, 2.24) is 4.90 Å². The summed E-state index contributed by atoms with van der Waals surface area (Å²) in [5.74, 6) is 0. The minimum Gasteiger partial charge on any atom is -0.326 e. The van der Waals surface area contributed by atoms with E-state index in [1.807, 2.05) is 0 Å². The van der Waals surface area contributed by atoms with Crippen molar-refractivity contribution in [3.8, 4) is 0 Å². The van der Waals surface area contributed by atoms with Gasteiger partial charge >= 0.3 is 0 Å². The maximum Gasteiger partial charge on any atom is 0.0499 e. The molecule has 106 valence electrons. The van der Waals surface area contributed by atoms with Crippen molar-refractivity contribution >= 4 is 0 Å². The standard InChI is InChI=1S/C17H28N2/c1-5-19-12-6-7-15(18)16(19)13-8-10-14(11-9-13)17(2,3)4/h8-11,15-16H,5-7,12,18H2,1-4H3. The van der Waals surface area contributed by atoms with Crippen LogP contribution < -0.4 is 5.73 Å². The van der Waals surface area contributed by atoms with Crippen LogP contribution in [0.25, 0.3) is 0 Å². The third-order valence-corrected chi connectivity index (χ3v) is 4.31. The van der Waals surface area contributed by atoms with Crippen LogP contribution in [-0.4, -0.2) is 24.0 Å². The molecule has 2 unspecified atom stereocenters. The van der Waals surface area contributed by atoms with E-state index in [0.29, 0.717) is 6.04 Å². The molecule has 2 heteroatoms. The Morgan fingerprint density at radius 1 is 1.21 bits per heavy atom. The minimum atomic E-state index is 0.220. The first-order chi connectivity index (χ1) is 8.93. The summed E-state index contributed by atoms with van der Waals surface area (Å²) in [5.41, 5.74) is 9.35. The molecule has 2 N–H and O–H groups in total. The second-order valence-electron chi connectivity index (χ2n) is 6.75. The van der Waals surface area contributed by atoms with Crippen molar-refractivity contribution in [1.29, 1.82) is 0 Å². The van der Waals surface area contributed by atoms with Crippen LogP contribution in [0.15, 0.2) is 24.3 Å². The van der Waals surface area contributed by atoms with E-state index in [2.05, 4.69) is 56.9 Å². The number of rotatable bonds is 2. The molecule has 0 radical (unpaired) electrons. The van der Waals surface area contributed by atoms with E-state index in [4.69, 9.17) is 5.73 Å². The average molecular weight is 260 g/mol. The lowest BCUT2D eigenvalue weighted by atomic mass is 9.84. The molecular formula is C17H28N2. The van der Waals surface area contributed by atoms with E-state index < -0.39 is 0 Å². The highest BCUT2D eigenvalue weighted by molar-refractivity contribution is 5.30. The van der Waals surface area contributed by atoms with Gasteiger partial charge in [0.05, 0.1) is 0 Å². The van der Waals surface area contributed by atoms with E-state index in [-0.39, 0.29) is 11.5 Å². The summed E-state index contributed by atoms with van der Waals surface area (Å²) in [7, 11) is 0. The van der Waals surface area contributed by atoms with Crippen LogP contribution >= 0.6 is 0 Å². The predicted molar refractivity (Wildman–Crippen MR) is 82.3 cm³/mol. The molecule has 19 heavy (non-hydrogen) atoms. The lowest BCUT2D eigenvalue weighted by Crippen LogP contribution is -2.45. The highest BCUT2D eigenvalue weighted by Gasteiger charge is 2.29. The Bertz CT molecular complexity index is 402. The van der Waals surface area contributed by atoms with Gasteiger partial charge in [-0.25, -0.2) is 0 Å². The first kappa shape index (κ1) is 14.5. The van der Waals surface area contributed by atoms with Gasteiger partial charge < -0.3 is 5.73 Å². The fourth-order valence-corrected chi connectivity index (χ4v) is 3.09. The number of benzene rings is 1. The van der Waals surface area contributed by atoms with Gasteiger partial charge in [0.1, 0.15) is 0 Å². The van der Waals surface area contributed by atoms with Crippen molar-refractivity contribution in [2.45, 2.75) is 58.0 Å². The summed E-state index contributed by atoms with van der Waals surface area (Å²) in [6.45, 7) is 11.3. The van der Waals surface area contributed by atoms with Crippen molar-refractivity contribution in [2.75, 3.05) is 13.1 Å². The summed E-state index contributed by atoms with van der Waals surface area (Å²) in [6.07, 6.45) is 2.37. The molecule has 0 bridgehead atoms. The molecule has 0 aromatic heterocycles. The SMILES string of the molecule is CCN1CCCC(N)C1c1ccc(C(C)(C)C)cc1. The van der Waals surface area contributed by atoms with Gasteiger partial charge in [-0.3, -0.25) is 4.90 Å². The number of likely N-dealkylation sites (N-methyl/N-ethyl adjacent to an activating group) is 1. The van der Waals surface area contributed by atoms with Crippen LogP contribution in [0.5, 0.6) is 0 Å². The predicted octanol–water partition coefficient (Wildman–Crippen LogP) is 3.47. The summed E-state index contributed by atoms with van der Waals surface area (Å²) in [4.78, 5) is 2.51. The molecular weight excluding hydrogens is 232 g/mol. The Balaban J connectivity index is 2.24. The lowest BCUT2D eigenvalue weighted by Gasteiger charge is -2.39. The molecule has 0 amide bonds. The molecule has 1 aromatic carbocycles. The molecule has 2 nitrogen and oxygen atoms in total. The van der Waals surface area contributed by atoms with Gasteiger partial charge in [-0.1, -0.05) is 52.0 Å². The van der Waals surface area contributed by atoms with Gasteiger partial charge in [0.2, 0.25) is 0 Å². The molecule has 0 spiro atoms. The van der Waals surface area contributed by atoms with E-state index in [1.165, 1.54) is 24.1 Å². The molecule has 0 saturated carbocycles. The summed E-state index contributed by atoms with van der Waals surface area (Å²) < 4.78 is 0. The van der Waals surface area contributed by atoms with Gasteiger partial charge in [0.25, 0.3) is 0 Å². The molecule has 1 heterocycles. The zero-order valence-electron chi connectivity index (χ0n) is 12.8. The summed E-state index contributed by atoms with van der Waals surface area (Å²) in [6, 6.07) is 9.76. The molecule has 1 aromatic rings. The van der Waals surface area contributed by atoms with Crippen LogP contribution in [0, 0.1) is 0 Å². The number of likely N-dealkylation sites (tertiary alicyclic amines) is 1. The monoisotopic (exact) mass is 260 g/mol. The van der Waals surface area contributed by atoms with E-state index in [0.717, 1.165) is 13.0 Å².